The van der Waals surface area contributed by atoms with Crippen LogP contribution in [-0.2, 0) is 23.3 Å². The Morgan fingerprint density at radius 3 is 2.03 bits per heavy atom. The molecule has 3 aromatic carbocycles. The Morgan fingerprint density at radius 2 is 1.56 bits per heavy atom. The van der Waals surface area contributed by atoms with Crippen LogP contribution < -0.4 is 24.8 Å². The second kappa shape index (κ2) is 14.4. The van der Waals surface area contributed by atoms with Crippen molar-refractivity contribution >= 4 is 16.2 Å². The number of allylic oxidation sites excluding steroid dienone is 4. The van der Waals surface area contributed by atoms with Gasteiger partial charge in [0, 0.05) is 0 Å². The summed E-state index contributed by atoms with van der Waals surface area (Å²) < 4.78 is 26.1. The molecule has 0 saturated heterocycles. The van der Waals surface area contributed by atoms with Crippen LogP contribution in [0.5, 0.6) is 0 Å². The predicted octanol–water partition coefficient (Wildman–Crippen LogP) is 2.02. The molecule has 4 rings (SSSR count). The number of hydrogen-bond donors (Lipinski definition) is 0. The minimum Gasteiger partial charge on any atom is -1.00 e. The van der Waals surface area contributed by atoms with Crippen LogP contribution >= 0.6 is 0 Å². The van der Waals surface area contributed by atoms with Gasteiger partial charge in [-0.2, -0.15) is 11.1 Å². The van der Waals surface area contributed by atoms with E-state index in [2.05, 4.69) is 46.9 Å². The number of fused-ring (bicyclic) bond motifs is 1. The molecule has 1 unspecified atom stereocenters. The summed E-state index contributed by atoms with van der Waals surface area (Å²) in [6, 6.07) is 15.8. The normalized spacial score (nSPS) is 14.3. The summed E-state index contributed by atoms with van der Waals surface area (Å²) in [5.41, 5.74) is 6.08. The maximum Gasteiger partial charge on any atom is 0.158 e. The molecule has 0 aliphatic heterocycles. The van der Waals surface area contributed by atoms with Crippen molar-refractivity contribution in [2.75, 3.05) is 0 Å². The molecule has 0 spiro atoms. The van der Waals surface area contributed by atoms with Crippen molar-refractivity contribution in [3.63, 3.8) is 0 Å². The van der Waals surface area contributed by atoms with Crippen LogP contribution in [0, 0.1) is 23.6 Å². The first-order chi connectivity index (χ1) is 14.1. The summed E-state index contributed by atoms with van der Waals surface area (Å²) in [6.45, 7) is 13.3. The van der Waals surface area contributed by atoms with Gasteiger partial charge in [-0.15, -0.1) is 53.6 Å². The van der Waals surface area contributed by atoms with E-state index in [9.17, 15) is 8.78 Å². The molecule has 0 fully saturated rings. The quantitative estimate of drug-likeness (QED) is 0.312. The molecule has 0 aromatic heterocycles. The van der Waals surface area contributed by atoms with Crippen molar-refractivity contribution < 1.29 is 56.9 Å². The molecule has 0 nitrogen and oxygen atoms in total. The van der Waals surface area contributed by atoms with Gasteiger partial charge in [0.2, 0.25) is 0 Å². The van der Waals surface area contributed by atoms with Gasteiger partial charge < -0.3 is 24.8 Å². The van der Waals surface area contributed by atoms with Gasteiger partial charge in [-0.05, 0) is 12.1 Å². The molecule has 0 heterocycles. The molecule has 1 atom stereocenters. The summed E-state index contributed by atoms with van der Waals surface area (Å²) >= 11 is 1.74. The third-order valence-corrected chi connectivity index (χ3v) is 5.15. The summed E-state index contributed by atoms with van der Waals surface area (Å²) in [6.07, 6.45) is 3.36. The fourth-order valence-corrected chi connectivity index (χ4v) is 3.23. The minimum atomic E-state index is -0.815. The molecule has 6 heteroatoms. The molecule has 0 saturated carbocycles. The van der Waals surface area contributed by atoms with E-state index >= 15 is 0 Å². The van der Waals surface area contributed by atoms with E-state index in [0.29, 0.717) is 11.5 Å². The first-order valence-electron chi connectivity index (χ1n) is 10.0. The van der Waals surface area contributed by atoms with Gasteiger partial charge >= 0.3 is 41.9 Å². The zero-order valence-electron chi connectivity index (χ0n) is 19.3. The third-order valence-electron chi connectivity index (χ3n) is 5.15. The molecule has 0 radical (unpaired) electrons. The first-order valence-corrected chi connectivity index (χ1v) is 16.2. The van der Waals surface area contributed by atoms with Crippen LogP contribution in [0.1, 0.15) is 27.7 Å². The van der Waals surface area contributed by atoms with Crippen LogP contribution in [0.25, 0.3) is 21.9 Å². The Bertz CT molecular complexity index is 1110. The molecule has 170 valence electrons. The van der Waals surface area contributed by atoms with Crippen LogP contribution in [0.4, 0.5) is 8.78 Å². The maximum absolute atomic E-state index is 13.2. The van der Waals surface area contributed by atoms with Crippen LogP contribution in [0.2, 0.25) is 13.1 Å². The Hall–Kier alpha value is -0.930. The van der Waals surface area contributed by atoms with E-state index in [1.807, 2.05) is 36.4 Å². The van der Waals surface area contributed by atoms with Gasteiger partial charge in [0.1, 0.15) is 0 Å². The average Bonchev–Trinajstić information content (AvgIpc) is 3.21. The van der Waals surface area contributed by atoms with Crippen molar-refractivity contribution in [2.45, 2.75) is 40.8 Å². The van der Waals surface area contributed by atoms with Crippen LogP contribution in [0.3, 0.4) is 0 Å². The van der Waals surface area contributed by atoms with E-state index in [4.69, 9.17) is 0 Å². The number of hydrogen-bond acceptors (Lipinski definition) is 0. The van der Waals surface area contributed by atoms with Crippen molar-refractivity contribution in [2.24, 2.45) is 5.92 Å². The first kappa shape index (κ1) is 31.1. The number of rotatable bonds is 1. The molecular weight excluding hydrogens is 540 g/mol. The van der Waals surface area contributed by atoms with Crippen LogP contribution in [-0.4, -0.2) is 5.43 Å². The Morgan fingerprint density at radius 1 is 0.969 bits per heavy atom. The third kappa shape index (κ3) is 8.45. The minimum absolute atomic E-state index is 0. The fraction of sp³-hybridized carbons (Fsp3) is 0.269. The van der Waals surface area contributed by atoms with E-state index in [1.165, 1.54) is 22.8 Å². The van der Waals surface area contributed by atoms with E-state index in [1.54, 1.807) is 29.4 Å². The van der Waals surface area contributed by atoms with Gasteiger partial charge in [0.05, 0.1) is 0 Å². The van der Waals surface area contributed by atoms with E-state index < -0.39 is 11.6 Å². The molecular formula is C26H28Cl2F2SiZr-2. The Balaban J connectivity index is 0.000000547. The van der Waals surface area contributed by atoms with Crippen molar-refractivity contribution in [3.05, 3.63) is 89.0 Å². The van der Waals surface area contributed by atoms with Crippen molar-refractivity contribution in [1.82, 2.24) is 0 Å². The van der Waals surface area contributed by atoms with E-state index in [0.717, 1.165) is 22.4 Å². The predicted molar refractivity (Wildman–Crippen MR) is 122 cm³/mol. The Labute approximate surface area is 218 Å². The molecule has 3 aromatic rings. The average molecular weight is 569 g/mol. The van der Waals surface area contributed by atoms with E-state index in [-0.39, 0.29) is 30.2 Å². The van der Waals surface area contributed by atoms with Gasteiger partial charge in [0.15, 0.2) is 11.6 Å². The number of halogens is 4. The summed E-state index contributed by atoms with van der Waals surface area (Å²) in [5.74, 6) is -1.07. The topological polar surface area (TPSA) is 0 Å². The second-order valence-corrected chi connectivity index (χ2v) is 17.1. The number of benzene rings is 2. The summed E-state index contributed by atoms with van der Waals surface area (Å²) in [4.78, 5) is 0. The Kier molecular flexibility index (Phi) is 13.9. The molecule has 0 N–H and O–H groups in total. The zero-order valence-corrected chi connectivity index (χ0v) is 24.3. The van der Waals surface area contributed by atoms with Gasteiger partial charge in [-0.25, -0.2) is 14.4 Å². The van der Waals surface area contributed by atoms with Crippen molar-refractivity contribution in [1.29, 1.82) is 0 Å². The SMILES string of the molecule is CC1=[C-]C(C)C(C)=C1C.C[Si](C)=[Zr+2].Fc1ccc(-c2c[cH-]c3ccccc23)cc1F.[Cl-].[Cl-]. The van der Waals surface area contributed by atoms with Crippen molar-refractivity contribution in [3.8, 4) is 11.1 Å². The molecule has 0 amide bonds. The maximum atomic E-state index is 13.2. The largest absolute Gasteiger partial charge is 1.00 e. The summed E-state index contributed by atoms with van der Waals surface area (Å²) in [5, 5.41) is 2.16. The molecule has 32 heavy (non-hydrogen) atoms. The summed E-state index contributed by atoms with van der Waals surface area (Å²) in [7, 11) is 0. The molecule has 0 bridgehead atoms. The van der Waals surface area contributed by atoms with Crippen LogP contribution in [0.15, 0.2) is 71.3 Å². The molecule has 1 aliphatic rings. The fourth-order valence-electron chi connectivity index (χ4n) is 3.23. The monoisotopic (exact) mass is 566 g/mol. The second-order valence-electron chi connectivity index (χ2n) is 7.76. The van der Waals surface area contributed by atoms with Gasteiger partial charge in [0.25, 0.3) is 0 Å². The van der Waals surface area contributed by atoms with Gasteiger partial charge in [-0.3, -0.25) is 6.08 Å². The standard InChI is InChI=1S/C15H9F2.C9H13.C2H6Si.2ClH.Zr/c16-14-8-6-11(9-15(14)17)13-7-5-10-3-1-2-4-12(10)13;1-6-5-7(2)9(4)8(6)3;1-3-2;;;/h1-9H;6H,1-4H3;1-2H3;2*1H;/q2*-1;;;;+2/p-2. The molecule has 1 aliphatic carbocycles. The van der Waals surface area contributed by atoms with Gasteiger partial charge in [-0.1, -0.05) is 44.4 Å². The smallest absolute Gasteiger partial charge is 0.158 e. The zero-order chi connectivity index (χ0) is 22.4.